The molecule has 0 radical (unpaired) electrons. The third-order valence-corrected chi connectivity index (χ3v) is 4.99. The quantitative estimate of drug-likeness (QED) is 0.689. The second-order valence-corrected chi connectivity index (χ2v) is 5.80. The molecular formula is C14H13ClS. The van der Waals surface area contributed by atoms with Crippen LogP contribution >= 0.6 is 22.9 Å². The minimum Gasteiger partial charge on any atom is -0.147 e. The van der Waals surface area contributed by atoms with Crippen LogP contribution in [0.2, 0.25) is 0 Å². The maximum atomic E-state index is 6.55. The van der Waals surface area contributed by atoms with Crippen molar-refractivity contribution >= 4 is 22.9 Å². The molecule has 0 nitrogen and oxygen atoms in total. The fourth-order valence-corrected chi connectivity index (χ4v) is 3.68. The van der Waals surface area contributed by atoms with E-state index < -0.39 is 0 Å². The summed E-state index contributed by atoms with van der Waals surface area (Å²) in [4.78, 5) is 1.31. The van der Waals surface area contributed by atoms with Crippen LogP contribution in [0.4, 0.5) is 0 Å². The number of hydrogen-bond acceptors (Lipinski definition) is 1. The predicted octanol–water partition coefficient (Wildman–Crippen LogP) is 4.44. The Morgan fingerprint density at radius 3 is 2.31 bits per heavy atom. The molecule has 82 valence electrons. The van der Waals surface area contributed by atoms with Crippen molar-refractivity contribution in [3.05, 3.63) is 57.8 Å². The van der Waals surface area contributed by atoms with Crippen molar-refractivity contribution in [3.63, 3.8) is 0 Å². The molecule has 0 saturated carbocycles. The van der Waals surface area contributed by atoms with Gasteiger partial charge in [-0.15, -0.1) is 22.9 Å². The molecule has 1 heterocycles. The molecule has 0 amide bonds. The molecule has 2 aromatic rings. The van der Waals surface area contributed by atoms with Gasteiger partial charge in [-0.05, 0) is 41.3 Å². The first-order valence-corrected chi connectivity index (χ1v) is 6.90. The molecule has 1 unspecified atom stereocenters. The molecule has 1 aliphatic carbocycles. The molecule has 0 saturated heterocycles. The van der Waals surface area contributed by atoms with Crippen molar-refractivity contribution < 1.29 is 0 Å². The highest BCUT2D eigenvalue weighted by Crippen LogP contribution is 2.40. The van der Waals surface area contributed by atoms with E-state index in [4.69, 9.17) is 11.6 Å². The minimum atomic E-state index is 0.174. The molecule has 16 heavy (non-hydrogen) atoms. The Labute approximate surface area is 105 Å². The summed E-state index contributed by atoms with van der Waals surface area (Å²) in [5, 5.41) is 2.28. The maximum absolute atomic E-state index is 6.55. The van der Waals surface area contributed by atoms with Crippen molar-refractivity contribution in [2.75, 3.05) is 0 Å². The molecule has 0 bridgehead atoms. The van der Waals surface area contributed by atoms with Crippen LogP contribution in [0.1, 0.15) is 21.4 Å². The van der Waals surface area contributed by atoms with E-state index in [1.54, 1.807) is 11.3 Å². The van der Waals surface area contributed by atoms with Crippen LogP contribution in [0, 0.1) is 5.92 Å². The Morgan fingerprint density at radius 1 is 1.06 bits per heavy atom. The number of thiophene rings is 1. The van der Waals surface area contributed by atoms with E-state index in [1.807, 2.05) is 0 Å². The summed E-state index contributed by atoms with van der Waals surface area (Å²) >= 11 is 8.32. The highest BCUT2D eigenvalue weighted by Gasteiger charge is 2.28. The molecule has 0 spiro atoms. The first kappa shape index (κ1) is 10.4. The molecule has 1 atom stereocenters. The predicted molar refractivity (Wildman–Crippen MR) is 70.3 cm³/mol. The number of alkyl halides is 1. The van der Waals surface area contributed by atoms with Crippen molar-refractivity contribution in [1.82, 2.24) is 0 Å². The summed E-state index contributed by atoms with van der Waals surface area (Å²) in [6.45, 7) is 0. The lowest BCUT2D eigenvalue weighted by molar-refractivity contribution is 0.546. The number of halogens is 1. The minimum absolute atomic E-state index is 0.174. The van der Waals surface area contributed by atoms with E-state index in [2.05, 4.69) is 41.8 Å². The normalized spacial score (nSPS) is 17.3. The highest BCUT2D eigenvalue weighted by atomic mass is 35.5. The Hall–Kier alpha value is -0.790. The van der Waals surface area contributed by atoms with Crippen molar-refractivity contribution in [2.24, 2.45) is 5.92 Å². The maximum Gasteiger partial charge on any atom is 0.0713 e. The Kier molecular flexibility index (Phi) is 2.74. The van der Waals surface area contributed by atoms with E-state index in [9.17, 15) is 0 Å². The summed E-state index contributed by atoms with van der Waals surface area (Å²) < 4.78 is 0. The molecule has 2 heteroatoms. The van der Waals surface area contributed by atoms with E-state index >= 15 is 0 Å². The summed E-state index contributed by atoms with van der Waals surface area (Å²) in [6, 6.07) is 12.9. The van der Waals surface area contributed by atoms with Crippen LogP contribution in [0.3, 0.4) is 0 Å². The van der Waals surface area contributed by atoms with Gasteiger partial charge in [0.1, 0.15) is 0 Å². The van der Waals surface area contributed by atoms with Gasteiger partial charge in [0, 0.05) is 4.88 Å². The van der Waals surface area contributed by atoms with Crippen LogP contribution in [-0.2, 0) is 12.8 Å². The molecule has 0 aliphatic heterocycles. The SMILES string of the molecule is ClC(c1cccs1)C1Cc2ccccc2C1. The van der Waals surface area contributed by atoms with Gasteiger partial charge in [-0.3, -0.25) is 0 Å². The second-order valence-electron chi connectivity index (χ2n) is 4.35. The van der Waals surface area contributed by atoms with Crippen molar-refractivity contribution in [3.8, 4) is 0 Å². The van der Waals surface area contributed by atoms with Gasteiger partial charge >= 0.3 is 0 Å². The standard InChI is InChI=1S/C14H13ClS/c15-14(13-6-3-7-16-13)12-8-10-4-1-2-5-11(10)9-12/h1-7,12,14H,8-9H2. The van der Waals surface area contributed by atoms with Gasteiger partial charge in [0.15, 0.2) is 0 Å². The Morgan fingerprint density at radius 2 is 1.75 bits per heavy atom. The smallest absolute Gasteiger partial charge is 0.0713 e. The second kappa shape index (κ2) is 4.23. The summed E-state index contributed by atoms with van der Waals surface area (Å²) in [7, 11) is 0. The topological polar surface area (TPSA) is 0 Å². The van der Waals surface area contributed by atoms with E-state index in [-0.39, 0.29) is 5.38 Å². The number of benzene rings is 1. The summed E-state index contributed by atoms with van der Waals surface area (Å²) in [6.07, 6.45) is 2.25. The van der Waals surface area contributed by atoms with Gasteiger partial charge in [-0.1, -0.05) is 30.3 Å². The first-order valence-electron chi connectivity index (χ1n) is 5.59. The number of rotatable bonds is 2. The molecule has 1 aromatic heterocycles. The lowest BCUT2D eigenvalue weighted by Crippen LogP contribution is -2.06. The molecule has 0 fully saturated rings. The lowest BCUT2D eigenvalue weighted by Gasteiger charge is -2.14. The van der Waals surface area contributed by atoms with Crippen molar-refractivity contribution in [1.29, 1.82) is 0 Å². The summed E-state index contributed by atoms with van der Waals surface area (Å²) in [5.41, 5.74) is 2.96. The van der Waals surface area contributed by atoms with Crippen LogP contribution in [-0.4, -0.2) is 0 Å². The molecule has 3 rings (SSSR count). The van der Waals surface area contributed by atoms with Gasteiger partial charge < -0.3 is 0 Å². The first-order chi connectivity index (χ1) is 7.84. The molecular weight excluding hydrogens is 236 g/mol. The fraction of sp³-hybridized carbons (Fsp3) is 0.286. The van der Waals surface area contributed by atoms with Crippen LogP contribution in [0.25, 0.3) is 0 Å². The molecule has 1 aliphatic rings. The van der Waals surface area contributed by atoms with E-state index in [0.717, 1.165) is 12.8 Å². The number of fused-ring (bicyclic) bond motifs is 1. The lowest BCUT2D eigenvalue weighted by atomic mass is 10.0. The Balaban J connectivity index is 1.81. The van der Waals surface area contributed by atoms with Gasteiger partial charge in [-0.25, -0.2) is 0 Å². The monoisotopic (exact) mass is 248 g/mol. The largest absolute Gasteiger partial charge is 0.147 e. The molecule has 0 N–H and O–H groups in total. The van der Waals surface area contributed by atoms with Gasteiger partial charge in [0.05, 0.1) is 5.38 Å². The third-order valence-electron chi connectivity index (χ3n) is 3.31. The van der Waals surface area contributed by atoms with Gasteiger partial charge in [0.25, 0.3) is 0 Å². The van der Waals surface area contributed by atoms with Gasteiger partial charge in [0.2, 0.25) is 0 Å². The zero-order valence-corrected chi connectivity index (χ0v) is 10.5. The summed E-state index contributed by atoms with van der Waals surface area (Å²) in [5.74, 6) is 0.567. The highest BCUT2D eigenvalue weighted by molar-refractivity contribution is 7.10. The Bertz CT molecular complexity index is 450. The van der Waals surface area contributed by atoms with E-state index in [0.29, 0.717) is 5.92 Å². The van der Waals surface area contributed by atoms with E-state index in [1.165, 1.54) is 16.0 Å². The van der Waals surface area contributed by atoms with Crippen molar-refractivity contribution in [2.45, 2.75) is 18.2 Å². The van der Waals surface area contributed by atoms with Crippen LogP contribution in [0.15, 0.2) is 41.8 Å². The fourth-order valence-electron chi connectivity index (χ4n) is 2.48. The third kappa shape index (κ3) is 1.79. The average molecular weight is 249 g/mol. The zero-order valence-electron chi connectivity index (χ0n) is 8.90. The zero-order chi connectivity index (χ0) is 11.0. The van der Waals surface area contributed by atoms with Gasteiger partial charge in [-0.2, -0.15) is 0 Å². The number of hydrogen-bond donors (Lipinski definition) is 0. The van der Waals surface area contributed by atoms with Crippen LogP contribution < -0.4 is 0 Å². The average Bonchev–Trinajstić information content (AvgIpc) is 2.97. The van der Waals surface area contributed by atoms with Crippen LogP contribution in [0.5, 0.6) is 0 Å². The molecule has 1 aromatic carbocycles.